The molecule has 1 aromatic rings. The minimum absolute atomic E-state index is 0.00693. The number of hydrogen-bond donors (Lipinski definition) is 0. The van der Waals surface area contributed by atoms with Crippen LogP contribution >= 0.6 is 15.9 Å². The average Bonchev–Trinajstić information content (AvgIpc) is 2.45. The van der Waals surface area contributed by atoms with Gasteiger partial charge in [-0.15, -0.1) is 0 Å². The molecule has 1 heterocycles. The summed E-state index contributed by atoms with van der Waals surface area (Å²) < 4.78 is 6.41. The van der Waals surface area contributed by atoms with Crippen LogP contribution in [0, 0.1) is 11.3 Å². The molecule has 5 heteroatoms. The summed E-state index contributed by atoms with van der Waals surface area (Å²) in [5.74, 6) is 0. The number of benzene rings is 1. The summed E-state index contributed by atoms with van der Waals surface area (Å²) in [4.78, 5) is 13.8. The Morgan fingerprint density at radius 1 is 1.50 bits per heavy atom. The molecular formula is C15H17BrN2O2. The van der Waals surface area contributed by atoms with E-state index in [4.69, 9.17) is 10.00 Å². The standard InChI is InChI=1S/C15H17BrN2O2/c1-11(12-4-6-13(16)7-5-12)18-10-8-14(3-2-9-17)20-15(18)19/h4-7,11,14H,2-3,8,10H2,1H3. The summed E-state index contributed by atoms with van der Waals surface area (Å²) in [5.41, 5.74) is 1.08. The number of nitrogens with zero attached hydrogens (tertiary/aromatic N) is 2. The zero-order valence-corrected chi connectivity index (χ0v) is 13.0. The highest BCUT2D eigenvalue weighted by molar-refractivity contribution is 9.10. The number of halogens is 1. The van der Waals surface area contributed by atoms with Crippen molar-refractivity contribution in [3.8, 4) is 6.07 Å². The molecule has 106 valence electrons. The first kappa shape index (κ1) is 14.9. The number of carbonyl (C=O) groups is 1. The topological polar surface area (TPSA) is 53.3 Å². The van der Waals surface area contributed by atoms with Crippen molar-refractivity contribution in [3.05, 3.63) is 34.3 Å². The van der Waals surface area contributed by atoms with Crippen LogP contribution in [0.25, 0.3) is 0 Å². The minimum Gasteiger partial charge on any atom is -0.446 e. The first-order valence-corrected chi connectivity index (χ1v) is 7.51. The van der Waals surface area contributed by atoms with Crippen molar-refractivity contribution >= 4 is 22.0 Å². The van der Waals surface area contributed by atoms with Crippen molar-refractivity contribution in [2.24, 2.45) is 0 Å². The zero-order chi connectivity index (χ0) is 14.5. The molecule has 0 saturated carbocycles. The summed E-state index contributed by atoms with van der Waals surface area (Å²) in [6.07, 6.45) is 1.45. The second-order valence-electron chi connectivity index (χ2n) is 4.91. The first-order chi connectivity index (χ1) is 9.61. The third-order valence-corrected chi connectivity index (χ3v) is 4.12. The predicted octanol–water partition coefficient (Wildman–Crippen LogP) is 4.02. The van der Waals surface area contributed by atoms with Crippen LogP contribution in [0.1, 0.15) is 37.8 Å². The Hall–Kier alpha value is -1.54. The van der Waals surface area contributed by atoms with Gasteiger partial charge in [0, 0.05) is 23.9 Å². The molecular weight excluding hydrogens is 320 g/mol. The van der Waals surface area contributed by atoms with Gasteiger partial charge in [-0.05, 0) is 31.0 Å². The maximum Gasteiger partial charge on any atom is 0.410 e. The molecule has 0 spiro atoms. The highest BCUT2D eigenvalue weighted by atomic mass is 79.9. The third kappa shape index (κ3) is 3.51. The van der Waals surface area contributed by atoms with E-state index in [1.807, 2.05) is 31.2 Å². The predicted molar refractivity (Wildman–Crippen MR) is 79.0 cm³/mol. The van der Waals surface area contributed by atoms with Crippen molar-refractivity contribution in [1.82, 2.24) is 4.90 Å². The van der Waals surface area contributed by atoms with Crippen molar-refractivity contribution in [3.63, 3.8) is 0 Å². The van der Waals surface area contributed by atoms with E-state index >= 15 is 0 Å². The Morgan fingerprint density at radius 3 is 2.80 bits per heavy atom. The molecule has 2 unspecified atom stereocenters. The SMILES string of the molecule is CC(c1ccc(Br)cc1)N1CCC(CCC#N)OC1=O. The van der Waals surface area contributed by atoms with Crippen LogP contribution in [0.2, 0.25) is 0 Å². The molecule has 0 N–H and O–H groups in total. The van der Waals surface area contributed by atoms with Crippen LogP contribution in [-0.4, -0.2) is 23.6 Å². The molecule has 1 aliphatic heterocycles. The van der Waals surface area contributed by atoms with Gasteiger partial charge in [-0.3, -0.25) is 0 Å². The maximum absolute atomic E-state index is 12.1. The molecule has 0 radical (unpaired) electrons. The fraction of sp³-hybridized carbons (Fsp3) is 0.467. The molecule has 20 heavy (non-hydrogen) atoms. The van der Waals surface area contributed by atoms with Gasteiger partial charge in [0.15, 0.2) is 0 Å². The van der Waals surface area contributed by atoms with Crippen molar-refractivity contribution < 1.29 is 9.53 Å². The molecule has 2 atom stereocenters. The Balaban J connectivity index is 1.98. The maximum atomic E-state index is 12.1. The van der Waals surface area contributed by atoms with Gasteiger partial charge >= 0.3 is 6.09 Å². The van der Waals surface area contributed by atoms with Crippen molar-refractivity contribution in [1.29, 1.82) is 5.26 Å². The van der Waals surface area contributed by atoms with Gasteiger partial charge in [0.1, 0.15) is 6.10 Å². The number of rotatable bonds is 4. The molecule has 0 bridgehead atoms. The lowest BCUT2D eigenvalue weighted by Gasteiger charge is -2.35. The van der Waals surface area contributed by atoms with E-state index in [2.05, 4.69) is 22.0 Å². The van der Waals surface area contributed by atoms with E-state index in [1.165, 1.54) is 0 Å². The number of hydrogen-bond acceptors (Lipinski definition) is 3. The first-order valence-electron chi connectivity index (χ1n) is 6.71. The molecule has 2 rings (SSSR count). The summed E-state index contributed by atoms with van der Waals surface area (Å²) in [5, 5.41) is 8.57. The zero-order valence-electron chi connectivity index (χ0n) is 11.4. The minimum atomic E-state index is -0.283. The molecule has 0 aliphatic carbocycles. The van der Waals surface area contributed by atoms with Crippen LogP contribution in [0.15, 0.2) is 28.7 Å². The van der Waals surface area contributed by atoms with Gasteiger partial charge < -0.3 is 9.64 Å². The highest BCUT2D eigenvalue weighted by Crippen LogP contribution is 2.27. The largest absolute Gasteiger partial charge is 0.446 e. The van der Waals surface area contributed by atoms with Crippen LogP contribution in [0.4, 0.5) is 4.79 Å². The lowest BCUT2D eigenvalue weighted by molar-refractivity contribution is 0.0106. The second kappa shape index (κ2) is 6.76. The van der Waals surface area contributed by atoms with Gasteiger partial charge in [0.2, 0.25) is 0 Å². The Labute approximate surface area is 127 Å². The van der Waals surface area contributed by atoms with Gasteiger partial charge in [-0.2, -0.15) is 5.26 Å². The van der Waals surface area contributed by atoms with E-state index in [-0.39, 0.29) is 18.2 Å². The van der Waals surface area contributed by atoms with Gasteiger partial charge in [-0.25, -0.2) is 4.79 Å². The van der Waals surface area contributed by atoms with Crippen molar-refractivity contribution in [2.45, 2.75) is 38.3 Å². The second-order valence-corrected chi connectivity index (χ2v) is 5.83. The molecule has 0 aromatic heterocycles. The Bertz CT molecular complexity index is 510. The van der Waals surface area contributed by atoms with E-state index in [9.17, 15) is 4.79 Å². The molecule has 1 saturated heterocycles. The van der Waals surface area contributed by atoms with Crippen LogP contribution in [0.3, 0.4) is 0 Å². The van der Waals surface area contributed by atoms with Crippen LogP contribution < -0.4 is 0 Å². The fourth-order valence-corrected chi connectivity index (χ4v) is 2.61. The lowest BCUT2D eigenvalue weighted by Crippen LogP contribution is -2.43. The summed E-state index contributed by atoms with van der Waals surface area (Å²) in [6.45, 7) is 2.67. The summed E-state index contributed by atoms with van der Waals surface area (Å²) in [6, 6.07) is 10.0. The fourth-order valence-electron chi connectivity index (χ4n) is 2.35. The third-order valence-electron chi connectivity index (χ3n) is 3.59. The molecule has 1 aromatic carbocycles. The number of nitriles is 1. The molecule has 4 nitrogen and oxygen atoms in total. The van der Waals surface area contributed by atoms with Gasteiger partial charge in [0.25, 0.3) is 0 Å². The number of ether oxygens (including phenoxy) is 1. The van der Waals surface area contributed by atoms with Crippen LogP contribution in [0.5, 0.6) is 0 Å². The number of carbonyl (C=O) groups excluding carboxylic acids is 1. The van der Waals surface area contributed by atoms with Crippen molar-refractivity contribution in [2.75, 3.05) is 6.54 Å². The number of cyclic esters (lactones) is 1. The highest BCUT2D eigenvalue weighted by Gasteiger charge is 2.30. The Morgan fingerprint density at radius 2 is 2.20 bits per heavy atom. The monoisotopic (exact) mass is 336 g/mol. The quantitative estimate of drug-likeness (QED) is 0.834. The average molecular weight is 337 g/mol. The smallest absolute Gasteiger partial charge is 0.410 e. The molecule has 1 aliphatic rings. The summed E-state index contributed by atoms with van der Waals surface area (Å²) in [7, 11) is 0. The summed E-state index contributed by atoms with van der Waals surface area (Å²) >= 11 is 3.40. The lowest BCUT2D eigenvalue weighted by atomic mass is 10.0. The van der Waals surface area contributed by atoms with E-state index in [0.29, 0.717) is 19.4 Å². The molecule has 1 fully saturated rings. The number of amides is 1. The van der Waals surface area contributed by atoms with Crippen LogP contribution in [-0.2, 0) is 4.74 Å². The molecule has 1 amide bonds. The van der Waals surface area contributed by atoms with Gasteiger partial charge in [0.05, 0.1) is 12.1 Å². The van der Waals surface area contributed by atoms with Gasteiger partial charge in [-0.1, -0.05) is 28.1 Å². The Kier molecular flexibility index (Phi) is 5.02. The van der Waals surface area contributed by atoms with E-state index < -0.39 is 0 Å². The van der Waals surface area contributed by atoms with E-state index in [1.54, 1.807) is 4.90 Å². The normalized spacial score (nSPS) is 20.1. The van der Waals surface area contributed by atoms with E-state index in [0.717, 1.165) is 16.5 Å².